The van der Waals surface area contributed by atoms with Crippen molar-refractivity contribution in [3.05, 3.63) is 83.0 Å². The third-order valence-electron chi connectivity index (χ3n) is 4.73. The smallest absolute Gasteiger partial charge is 0.147 e. The summed E-state index contributed by atoms with van der Waals surface area (Å²) in [7, 11) is 0. The first kappa shape index (κ1) is 15.6. The van der Waals surface area contributed by atoms with Crippen molar-refractivity contribution in [1.29, 1.82) is 0 Å². The molecule has 0 saturated heterocycles. The van der Waals surface area contributed by atoms with Crippen molar-refractivity contribution in [2.45, 2.75) is 33.3 Å². The number of ether oxygens (including phenoxy) is 1. The topological polar surface area (TPSA) is 9.23 Å². The van der Waals surface area contributed by atoms with Crippen LogP contribution in [0, 0.1) is 5.92 Å². The molecule has 118 valence electrons. The van der Waals surface area contributed by atoms with Crippen LogP contribution >= 0.6 is 0 Å². The van der Waals surface area contributed by atoms with E-state index >= 15 is 0 Å². The average molecular weight is 304 g/mol. The first-order valence-electron chi connectivity index (χ1n) is 8.25. The first-order chi connectivity index (χ1) is 11.0. The zero-order valence-corrected chi connectivity index (χ0v) is 14.3. The van der Waals surface area contributed by atoms with Gasteiger partial charge in [0.05, 0.1) is 0 Å². The minimum atomic E-state index is -0.438. The molecule has 1 heteroatoms. The highest BCUT2D eigenvalue weighted by molar-refractivity contribution is 5.64. The Bertz CT molecular complexity index is 758. The molecular weight excluding hydrogens is 280 g/mol. The van der Waals surface area contributed by atoms with Crippen molar-refractivity contribution in [1.82, 2.24) is 0 Å². The first-order valence-corrected chi connectivity index (χ1v) is 8.25. The Balaban J connectivity index is 2.16. The number of rotatable bonds is 2. The molecule has 0 saturated carbocycles. The summed E-state index contributed by atoms with van der Waals surface area (Å²) >= 11 is 0. The highest BCUT2D eigenvalue weighted by Gasteiger charge is 2.36. The van der Waals surface area contributed by atoms with E-state index in [2.05, 4.69) is 76.3 Å². The van der Waals surface area contributed by atoms with Crippen molar-refractivity contribution in [3.63, 3.8) is 0 Å². The summed E-state index contributed by atoms with van der Waals surface area (Å²) in [5.41, 5.74) is 4.57. The minimum Gasteiger partial charge on any atom is -0.478 e. The molecule has 1 aromatic carbocycles. The molecule has 3 rings (SSSR count). The number of hydrogen-bond acceptors (Lipinski definition) is 1. The predicted molar refractivity (Wildman–Crippen MR) is 98.4 cm³/mol. The van der Waals surface area contributed by atoms with Gasteiger partial charge in [-0.05, 0) is 49.6 Å². The lowest BCUT2D eigenvalue weighted by atomic mass is 9.79. The van der Waals surface area contributed by atoms with E-state index in [1.54, 1.807) is 0 Å². The maximum Gasteiger partial charge on any atom is 0.147 e. The predicted octanol–water partition coefficient (Wildman–Crippen LogP) is 5.88. The quantitative estimate of drug-likeness (QED) is 0.663. The van der Waals surface area contributed by atoms with Gasteiger partial charge in [-0.3, -0.25) is 0 Å². The Kier molecular flexibility index (Phi) is 4.12. The second-order valence-electron chi connectivity index (χ2n) is 6.41. The molecule has 1 aromatic rings. The van der Waals surface area contributed by atoms with E-state index in [0.717, 1.165) is 11.3 Å². The number of benzene rings is 1. The van der Waals surface area contributed by atoms with Gasteiger partial charge in [0, 0.05) is 11.5 Å². The Morgan fingerprint density at radius 3 is 2.74 bits per heavy atom. The fourth-order valence-corrected chi connectivity index (χ4v) is 3.40. The van der Waals surface area contributed by atoms with Gasteiger partial charge in [0.25, 0.3) is 0 Å². The number of fused-ring (bicyclic) bond motifs is 1. The minimum absolute atomic E-state index is 0.315. The van der Waals surface area contributed by atoms with E-state index in [0.29, 0.717) is 5.92 Å². The van der Waals surface area contributed by atoms with Crippen LogP contribution in [0.4, 0.5) is 0 Å². The number of para-hydroxylation sites is 1. The Morgan fingerprint density at radius 2 is 1.96 bits per heavy atom. The molecular formula is C22H24O. The van der Waals surface area contributed by atoms with Crippen molar-refractivity contribution in [3.8, 4) is 5.75 Å². The highest BCUT2D eigenvalue weighted by Crippen LogP contribution is 2.41. The zero-order valence-electron chi connectivity index (χ0n) is 14.3. The van der Waals surface area contributed by atoms with Crippen molar-refractivity contribution in [2.24, 2.45) is 5.92 Å². The van der Waals surface area contributed by atoms with Gasteiger partial charge >= 0.3 is 0 Å². The molecule has 0 bridgehead atoms. The van der Waals surface area contributed by atoms with E-state index in [1.165, 1.54) is 16.7 Å². The van der Waals surface area contributed by atoms with Crippen LogP contribution in [-0.4, -0.2) is 5.60 Å². The molecule has 0 spiro atoms. The highest BCUT2D eigenvalue weighted by atomic mass is 16.5. The molecule has 0 N–H and O–H groups in total. The van der Waals surface area contributed by atoms with Crippen molar-refractivity contribution < 1.29 is 4.74 Å². The van der Waals surface area contributed by atoms with Gasteiger partial charge in [0.1, 0.15) is 11.4 Å². The summed E-state index contributed by atoms with van der Waals surface area (Å²) in [5, 5.41) is 0. The lowest BCUT2D eigenvalue weighted by Gasteiger charge is -2.37. The number of hydrogen-bond donors (Lipinski definition) is 0. The summed E-state index contributed by atoms with van der Waals surface area (Å²) in [5.74, 6) is 1.27. The van der Waals surface area contributed by atoms with E-state index in [-0.39, 0.29) is 0 Å². The molecule has 1 nitrogen and oxygen atoms in total. The Hall–Kier alpha value is -2.28. The molecule has 1 unspecified atom stereocenters. The zero-order chi connectivity index (χ0) is 16.4. The maximum atomic E-state index is 6.47. The fourth-order valence-electron chi connectivity index (χ4n) is 3.40. The van der Waals surface area contributed by atoms with Gasteiger partial charge in [-0.25, -0.2) is 0 Å². The molecule has 1 heterocycles. The van der Waals surface area contributed by atoms with Crippen LogP contribution in [0.3, 0.4) is 0 Å². The third-order valence-corrected chi connectivity index (χ3v) is 4.73. The van der Waals surface area contributed by atoms with Crippen LogP contribution in [0.15, 0.2) is 77.4 Å². The lowest BCUT2D eigenvalue weighted by Crippen LogP contribution is -2.37. The summed E-state index contributed by atoms with van der Waals surface area (Å²) in [4.78, 5) is 0. The maximum absolute atomic E-state index is 6.47. The molecule has 2 aliphatic rings. The molecule has 0 amide bonds. The van der Waals surface area contributed by atoms with E-state index in [1.807, 2.05) is 18.2 Å². The van der Waals surface area contributed by atoms with Crippen LogP contribution in [0.25, 0.3) is 6.08 Å². The molecule has 0 aromatic heterocycles. The molecule has 2 atom stereocenters. The molecule has 23 heavy (non-hydrogen) atoms. The standard InChI is InChI=1S/C22H24O/c1-5-16(2)19-12-8-6-10-17(3)21(19)22(4)15-14-18-11-7-9-13-20(18)23-22/h5-15,17H,1-4H3/b16-5+/t17?,22-/m1/s1. The summed E-state index contributed by atoms with van der Waals surface area (Å²) in [6, 6.07) is 8.21. The van der Waals surface area contributed by atoms with Crippen molar-refractivity contribution in [2.75, 3.05) is 0 Å². The largest absolute Gasteiger partial charge is 0.478 e. The summed E-state index contributed by atoms with van der Waals surface area (Å²) in [6.45, 7) is 8.67. The summed E-state index contributed by atoms with van der Waals surface area (Å²) in [6.07, 6.45) is 15.2. The molecule has 1 aliphatic heterocycles. The SMILES string of the molecule is C/C=C(\C)C1=C([C@@]2(C)C=Cc3ccccc3O2)C(C)C=CC=C1. The normalized spacial score (nSPS) is 26.8. The van der Waals surface area contributed by atoms with E-state index in [9.17, 15) is 0 Å². The van der Waals surface area contributed by atoms with Gasteiger partial charge in [-0.15, -0.1) is 0 Å². The van der Waals surface area contributed by atoms with E-state index in [4.69, 9.17) is 4.74 Å². The fraction of sp³-hybridized carbons (Fsp3) is 0.273. The van der Waals surface area contributed by atoms with Gasteiger partial charge in [0.15, 0.2) is 0 Å². The third kappa shape index (κ3) is 2.84. The van der Waals surface area contributed by atoms with Gasteiger partial charge in [-0.2, -0.15) is 0 Å². The van der Waals surface area contributed by atoms with Gasteiger partial charge in [-0.1, -0.05) is 61.6 Å². The van der Waals surface area contributed by atoms with Gasteiger partial charge < -0.3 is 4.74 Å². The molecule has 1 aliphatic carbocycles. The van der Waals surface area contributed by atoms with Crippen LogP contribution in [0.1, 0.15) is 33.3 Å². The average Bonchev–Trinajstić information content (AvgIpc) is 2.76. The molecule has 0 fully saturated rings. The van der Waals surface area contributed by atoms with Crippen LogP contribution in [-0.2, 0) is 0 Å². The van der Waals surface area contributed by atoms with E-state index < -0.39 is 5.60 Å². The monoisotopic (exact) mass is 304 g/mol. The summed E-state index contributed by atoms with van der Waals surface area (Å²) < 4.78 is 6.47. The second kappa shape index (κ2) is 6.08. The van der Waals surface area contributed by atoms with Gasteiger partial charge in [0.2, 0.25) is 0 Å². The van der Waals surface area contributed by atoms with Crippen LogP contribution < -0.4 is 4.74 Å². The lowest BCUT2D eigenvalue weighted by molar-refractivity contribution is 0.167. The Labute approximate surface area is 139 Å². The second-order valence-corrected chi connectivity index (χ2v) is 6.41. The van der Waals surface area contributed by atoms with Crippen LogP contribution in [0.5, 0.6) is 5.75 Å². The van der Waals surface area contributed by atoms with Crippen LogP contribution in [0.2, 0.25) is 0 Å². The molecule has 0 radical (unpaired) electrons. The number of allylic oxidation sites excluding steroid dienone is 7. The Morgan fingerprint density at radius 1 is 1.17 bits per heavy atom. The van der Waals surface area contributed by atoms with Crippen molar-refractivity contribution >= 4 is 6.08 Å².